The summed E-state index contributed by atoms with van der Waals surface area (Å²) < 4.78 is 0. The van der Waals surface area contributed by atoms with Crippen molar-refractivity contribution in [1.29, 1.82) is 0 Å². The highest BCUT2D eigenvalue weighted by Gasteiger charge is 2.52. The molecule has 0 aromatic heterocycles. The molecule has 21 heavy (non-hydrogen) atoms. The highest BCUT2D eigenvalue weighted by Crippen LogP contribution is 2.38. The molecule has 3 N–H and O–H groups in total. The minimum Gasteiger partial charge on any atom is -0.350 e. The van der Waals surface area contributed by atoms with Crippen LogP contribution in [0, 0.1) is 11.8 Å². The minimum absolute atomic E-state index is 0.104. The Bertz CT molecular complexity index is 430. The van der Waals surface area contributed by atoms with E-state index in [1.54, 1.807) is 0 Å². The van der Waals surface area contributed by atoms with Crippen LogP contribution in [-0.2, 0) is 4.79 Å². The molecule has 0 bridgehead atoms. The minimum atomic E-state index is 0.104. The molecule has 6 atom stereocenters. The molecule has 0 aromatic rings. The second-order valence-electron chi connectivity index (χ2n) is 7.09. The molecule has 3 saturated heterocycles. The highest BCUT2D eigenvalue weighted by atomic mass is 79.9. The van der Waals surface area contributed by atoms with Crippen LogP contribution in [0.5, 0.6) is 0 Å². The molecule has 5 nitrogen and oxygen atoms in total. The van der Waals surface area contributed by atoms with Gasteiger partial charge in [0.1, 0.15) is 0 Å². The van der Waals surface area contributed by atoms with E-state index in [4.69, 9.17) is 0 Å². The van der Waals surface area contributed by atoms with Crippen molar-refractivity contribution in [2.75, 3.05) is 13.1 Å². The molecule has 0 radical (unpaired) electrons. The summed E-state index contributed by atoms with van der Waals surface area (Å²) in [5.74, 6) is 0.801. The Morgan fingerprint density at radius 2 is 2.00 bits per heavy atom. The van der Waals surface area contributed by atoms with E-state index in [9.17, 15) is 4.79 Å². The molecule has 1 amide bonds. The van der Waals surface area contributed by atoms with Gasteiger partial charge >= 0.3 is 0 Å². The smallest absolute Gasteiger partial charge is 0.226 e. The maximum Gasteiger partial charge on any atom is 0.226 e. The van der Waals surface area contributed by atoms with Gasteiger partial charge in [0.15, 0.2) is 0 Å². The lowest BCUT2D eigenvalue weighted by Crippen LogP contribution is -2.68. The average molecular weight is 357 g/mol. The highest BCUT2D eigenvalue weighted by molar-refractivity contribution is 9.09. The molecule has 6 heteroatoms. The van der Waals surface area contributed by atoms with Crippen molar-refractivity contribution in [2.24, 2.45) is 11.8 Å². The first kappa shape index (κ1) is 14.4. The maximum atomic E-state index is 12.7. The van der Waals surface area contributed by atoms with E-state index in [-0.39, 0.29) is 30.2 Å². The lowest BCUT2D eigenvalue weighted by molar-refractivity contribution is -0.127. The van der Waals surface area contributed by atoms with E-state index in [0.717, 1.165) is 25.9 Å². The van der Waals surface area contributed by atoms with Crippen LogP contribution < -0.4 is 16.0 Å². The monoisotopic (exact) mass is 356 g/mol. The molecular formula is C15H25BrN4O. The van der Waals surface area contributed by atoms with Crippen LogP contribution in [0.3, 0.4) is 0 Å². The summed E-state index contributed by atoms with van der Waals surface area (Å²) in [7, 11) is 0. The van der Waals surface area contributed by atoms with E-state index < -0.39 is 0 Å². The predicted molar refractivity (Wildman–Crippen MR) is 85.0 cm³/mol. The van der Waals surface area contributed by atoms with Crippen LogP contribution in [-0.4, -0.2) is 53.1 Å². The van der Waals surface area contributed by atoms with Crippen molar-refractivity contribution >= 4 is 21.8 Å². The van der Waals surface area contributed by atoms with Gasteiger partial charge in [0.2, 0.25) is 5.91 Å². The Labute approximate surface area is 134 Å². The third kappa shape index (κ3) is 2.44. The number of hydrogen-bond donors (Lipinski definition) is 3. The van der Waals surface area contributed by atoms with Gasteiger partial charge in [-0.05, 0) is 38.1 Å². The van der Waals surface area contributed by atoms with Gasteiger partial charge in [0.25, 0.3) is 0 Å². The van der Waals surface area contributed by atoms with Crippen molar-refractivity contribution in [3.8, 4) is 0 Å². The number of nitrogens with zero attached hydrogens (tertiary/aromatic N) is 1. The fraction of sp³-hybridized carbons (Fsp3) is 0.933. The van der Waals surface area contributed by atoms with Gasteiger partial charge in [-0.15, -0.1) is 0 Å². The van der Waals surface area contributed by atoms with Crippen LogP contribution in [0.4, 0.5) is 0 Å². The zero-order valence-electron chi connectivity index (χ0n) is 12.5. The average Bonchev–Trinajstić information content (AvgIpc) is 3.31. The SMILES string of the molecule is CC1C(Br)CNC2C1NC(=O)C1CCCNC1N2C1CC1. The summed E-state index contributed by atoms with van der Waals surface area (Å²) in [6.45, 7) is 4.26. The zero-order chi connectivity index (χ0) is 14.6. The third-order valence-corrected chi connectivity index (χ3v) is 6.84. The number of carbonyl (C=O) groups is 1. The quantitative estimate of drug-likeness (QED) is 0.602. The fourth-order valence-electron chi connectivity index (χ4n) is 4.29. The van der Waals surface area contributed by atoms with Gasteiger partial charge < -0.3 is 10.6 Å². The van der Waals surface area contributed by atoms with Crippen molar-refractivity contribution in [1.82, 2.24) is 20.9 Å². The Kier molecular flexibility index (Phi) is 3.76. The Morgan fingerprint density at radius 3 is 2.76 bits per heavy atom. The number of halogens is 1. The van der Waals surface area contributed by atoms with Crippen LogP contribution in [0.15, 0.2) is 0 Å². The van der Waals surface area contributed by atoms with Gasteiger partial charge in [0, 0.05) is 17.4 Å². The molecule has 0 spiro atoms. The summed E-state index contributed by atoms with van der Waals surface area (Å²) in [5.41, 5.74) is 0. The molecule has 6 unspecified atom stereocenters. The van der Waals surface area contributed by atoms with Gasteiger partial charge in [-0.3, -0.25) is 15.0 Å². The van der Waals surface area contributed by atoms with E-state index in [1.807, 2.05) is 0 Å². The number of nitrogens with one attached hydrogen (secondary N) is 3. The second kappa shape index (κ2) is 5.48. The van der Waals surface area contributed by atoms with Crippen LogP contribution >= 0.6 is 15.9 Å². The molecule has 0 aromatic carbocycles. The number of carbonyl (C=O) groups excluding carboxylic acids is 1. The summed E-state index contributed by atoms with van der Waals surface area (Å²) in [6.07, 6.45) is 5.15. The summed E-state index contributed by atoms with van der Waals surface area (Å²) in [6, 6.07) is 0.846. The van der Waals surface area contributed by atoms with Crippen molar-refractivity contribution in [2.45, 2.75) is 61.8 Å². The second-order valence-corrected chi connectivity index (χ2v) is 8.26. The molecule has 4 fully saturated rings. The third-order valence-electron chi connectivity index (χ3n) is 5.68. The van der Waals surface area contributed by atoms with Crippen LogP contribution in [0.2, 0.25) is 0 Å². The van der Waals surface area contributed by atoms with E-state index in [0.29, 0.717) is 16.8 Å². The lowest BCUT2D eigenvalue weighted by atomic mass is 9.91. The van der Waals surface area contributed by atoms with Crippen molar-refractivity contribution in [3.63, 3.8) is 0 Å². The number of hydrogen-bond acceptors (Lipinski definition) is 4. The molecule has 4 aliphatic rings. The molecule has 1 aliphatic carbocycles. The fourth-order valence-corrected chi connectivity index (χ4v) is 4.81. The van der Waals surface area contributed by atoms with Crippen LogP contribution in [0.1, 0.15) is 32.6 Å². The van der Waals surface area contributed by atoms with Crippen molar-refractivity contribution in [3.05, 3.63) is 0 Å². The molecule has 118 valence electrons. The Morgan fingerprint density at radius 1 is 1.19 bits per heavy atom. The van der Waals surface area contributed by atoms with E-state index in [2.05, 4.69) is 43.7 Å². The summed E-state index contributed by atoms with van der Waals surface area (Å²) in [5, 5.41) is 10.7. The molecule has 4 rings (SSSR count). The van der Waals surface area contributed by atoms with Gasteiger partial charge in [-0.25, -0.2) is 0 Å². The standard InChI is InChI=1S/C15H25BrN4O/c1-8-11(16)7-18-14-12(8)19-15(21)10-3-2-6-17-13(10)20(14)9-4-5-9/h8-14,17-18H,2-7H2,1H3,(H,19,21). The maximum absolute atomic E-state index is 12.7. The van der Waals surface area contributed by atoms with Crippen LogP contribution in [0.25, 0.3) is 0 Å². The summed E-state index contributed by atoms with van der Waals surface area (Å²) in [4.78, 5) is 15.7. The largest absolute Gasteiger partial charge is 0.350 e. The Hall–Kier alpha value is -0.170. The van der Waals surface area contributed by atoms with Gasteiger partial charge in [0.05, 0.1) is 24.3 Å². The van der Waals surface area contributed by atoms with E-state index in [1.165, 1.54) is 12.8 Å². The molecule has 3 heterocycles. The topological polar surface area (TPSA) is 56.4 Å². The predicted octanol–water partition coefficient (Wildman–Crippen LogP) is 0.604. The van der Waals surface area contributed by atoms with Gasteiger partial charge in [-0.1, -0.05) is 22.9 Å². The number of fused-ring (bicyclic) bond motifs is 2. The van der Waals surface area contributed by atoms with Crippen molar-refractivity contribution < 1.29 is 4.79 Å². The number of amides is 1. The zero-order valence-corrected chi connectivity index (χ0v) is 14.1. The molecule has 1 saturated carbocycles. The number of alkyl halides is 1. The van der Waals surface area contributed by atoms with Gasteiger partial charge in [-0.2, -0.15) is 0 Å². The lowest BCUT2D eigenvalue weighted by Gasteiger charge is -2.47. The first-order valence-corrected chi connectivity index (χ1v) is 9.27. The molecule has 3 aliphatic heterocycles. The first-order chi connectivity index (χ1) is 10.2. The normalized spacial score (nSPS) is 48.0. The number of rotatable bonds is 1. The number of piperidine rings is 2. The Balaban J connectivity index is 1.69. The molecular weight excluding hydrogens is 332 g/mol. The summed E-state index contributed by atoms with van der Waals surface area (Å²) >= 11 is 3.76. The first-order valence-electron chi connectivity index (χ1n) is 8.35. The van der Waals surface area contributed by atoms with E-state index >= 15 is 0 Å².